The normalized spacial score (nSPS) is 8.90. The summed E-state index contributed by atoms with van der Waals surface area (Å²) in [6.45, 7) is 2.20. The zero-order chi connectivity index (χ0) is 7.40. The third kappa shape index (κ3) is 1.33. The van der Waals surface area contributed by atoms with E-state index in [1.165, 1.54) is 6.08 Å². The molecule has 0 fully saturated rings. The molecule has 1 aromatic heterocycles. The first-order valence-electron chi connectivity index (χ1n) is 2.91. The number of nitrogens with zero attached hydrogens (tertiary/aromatic N) is 1. The van der Waals surface area contributed by atoms with Gasteiger partial charge in [0, 0.05) is 0 Å². The number of hydrogen-bond donors (Lipinski definition) is 0. The largest absolute Gasteiger partial charge is 0.467 e. The van der Waals surface area contributed by atoms with Gasteiger partial charge in [0.05, 0.1) is 6.26 Å². The average Bonchev–Trinajstić information content (AvgIpc) is 2.31. The second kappa shape index (κ2) is 2.99. The van der Waals surface area contributed by atoms with Crippen LogP contribution in [0.4, 0.5) is 0 Å². The average molecular weight is 137 g/mol. The Hall–Kier alpha value is -1.34. The predicted molar refractivity (Wildman–Crippen MR) is 35.3 cm³/mol. The summed E-state index contributed by atoms with van der Waals surface area (Å²) in [6, 6.07) is 1.83. The summed E-state index contributed by atoms with van der Waals surface area (Å²) in [5, 5.41) is 0. The van der Waals surface area contributed by atoms with Crippen molar-refractivity contribution in [2.75, 3.05) is 0 Å². The molecule has 1 heterocycles. The Bertz CT molecular complexity index is 258. The van der Waals surface area contributed by atoms with Gasteiger partial charge in [-0.1, -0.05) is 0 Å². The van der Waals surface area contributed by atoms with Crippen molar-refractivity contribution < 1.29 is 9.21 Å². The van der Waals surface area contributed by atoms with Crippen molar-refractivity contribution in [2.24, 2.45) is 4.99 Å². The molecule has 0 radical (unpaired) electrons. The van der Waals surface area contributed by atoms with Gasteiger partial charge < -0.3 is 4.42 Å². The lowest BCUT2D eigenvalue weighted by Crippen LogP contribution is -1.78. The quantitative estimate of drug-likeness (QED) is 0.457. The lowest BCUT2D eigenvalue weighted by atomic mass is 10.3. The van der Waals surface area contributed by atoms with Crippen molar-refractivity contribution in [3.63, 3.8) is 0 Å². The molecule has 0 aliphatic rings. The third-order valence-electron chi connectivity index (χ3n) is 1.26. The van der Waals surface area contributed by atoms with E-state index in [4.69, 9.17) is 4.42 Å². The van der Waals surface area contributed by atoms with Crippen LogP contribution in [0.2, 0.25) is 0 Å². The topological polar surface area (TPSA) is 42.6 Å². The van der Waals surface area contributed by atoms with E-state index < -0.39 is 0 Å². The zero-order valence-corrected chi connectivity index (χ0v) is 5.63. The van der Waals surface area contributed by atoms with Gasteiger partial charge in [0.15, 0.2) is 0 Å². The van der Waals surface area contributed by atoms with Crippen molar-refractivity contribution in [1.29, 1.82) is 0 Å². The van der Waals surface area contributed by atoms with Gasteiger partial charge in [-0.05, 0) is 18.6 Å². The Morgan fingerprint density at radius 1 is 1.80 bits per heavy atom. The fourth-order valence-corrected chi connectivity index (χ4v) is 0.670. The second-order valence-corrected chi connectivity index (χ2v) is 1.93. The van der Waals surface area contributed by atoms with Crippen LogP contribution in [-0.4, -0.2) is 6.08 Å². The van der Waals surface area contributed by atoms with Gasteiger partial charge in [-0.25, -0.2) is 4.79 Å². The van der Waals surface area contributed by atoms with Crippen molar-refractivity contribution in [3.8, 4) is 0 Å². The Morgan fingerprint density at radius 3 is 3.10 bits per heavy atom. The molecule has 0 aliphatic carbocycles. The van der Waals surface area contributed by atoms with Gasteiger partial charge in [0.1, 0.15) is 12.3 Å². The van der Waals surface area contributed by atoms with Crippen LogP contribution in [-0.2, 0) is 11.3 Å². The molecular weight excluding hydrogens is 130 g/mol. The van der Waals surface area contributed by atoms with Crippen LogP contribution in [0.3, 0.4) is 0 Å². The third-order valence-corrected chi connectivity index (χ3v) is 1.26. The van der Waals surface area contributed by atoms with Crippen molar-refractivity contribution in [2.45, 2.75) is 13.5 Å². The van der Waals surface area contributed by atoms with E-state index in [9.17, 15) is 4.79 Å². The van der Waals surface area contributed by atoms with Crippen LogP contribution >= 0.6 is 0 Å². The van der Waals surface area contributed by atoms with Gasteiger partial charge in [-0.3, -0.25) is 0 Å². The minimum absolute atomic E-state index is 0.294. The molecule has 0 unspecified atom stereocenters. The fraction of sp³-hybridized carbons (Fsp3) is 0.286. The van der Waals surface area contributed by atoms with Gasteiger partial charge in [-0.15, -0.1) is 0 Å². The SMILES string of the molecule is Cc1ccoc1CN=C=O. The van der Waals surface area contributed by atoms with Crippen LogP contribution in [0.15, 0.2) is 21.7 Å². The molecule has 0 saturated heterocycles. The van der Waals surface area contributed by atoms with Crippen LogP contribution in [0.5, 0.6) is 0 Å². The summed E-state index contributed by atoms with van der Waals surface area (Å²) in [7, 11) is 0. The van der Waals surface area contributed by atoms with Crippen molar-refractivity contribution >= 4 is 6.08 Å². The lowest BCUT2D eigenvalue weighted by molar-refractivity contribution is 0.507. The first kappa shape index (κ1) is 6.78. The number of hydrogen-bond acceptors (Lipinski definition) is 3. The summed E-state index contributed by atoms with van der Waals surface area (Å²) in [4.78, 5) is 13.1. The Balaban J connectivity index is 2.74. The van der Waals surface area contributed by atoms with E-state index >= 15 is 0 Å². The van der Waals surface area contributed by atoms with Crippen molar-refractivity contribution in [3.05, 3.63) is 23.7 Å². The van der Waals surface area contributed by atoms with Crippen LogP contribution in [0.1, 0.15) is 11.3 Å². The highest BCUT2D eigenvalue weighted by Crippen LogP contribution is 2.08. The van der Waals surface area contributed by atoms with E-state index in [1.807, 2.05) is 13.0 Å². The summed E-state index contributed by atoms with van der Waals surface area (Å²) in [5.41, 5.74) is 1.01. The van der Waals surface area contributed by atoms with Crippen LogP contribution in [0, 0.1) is 6.92 Å². The summed E-state index contributed by atoms with van der Waals surface area (Å²) in [6.07, 6.45) is 3.02. The molecule has 0 bridgehead atoms. The highest BCUT2D eigenvalue weighted by atomic mass is 16.3. The molecule has 0 aliphatic heterocycles. The van der Waals surface area contributed by atoms with Crippen LogP contribution in [0.25, 0.3) is 0 Å². The monoisotopic (exact) mass is 137 g/mol. The highest BCUT2D eigenvalue weighted by molar-refractivity contribution is 5.33. The maximum atomic E-state index is 9.68. The number of aliphatic imine (C=N–C) groups is 1. The Morgan fingerprint density at radius 2 is 2.60 bits per heavy atom. The van der Waals surface area contributed by atoms with Crippen LogP contribution < -0.4 is 0 Å². The molecule has 52 valence electrons. The van der Waals surface area contributed by atoms with E-state index in [2.05, 4.69) is 4.99 Å². The molecule has 0 atom stereocenters. The first-order chi connectivity index (χ1) is 4.84. The predicted octanol–water partition coefficient (Wildman–Crippen LogP) is 1.42. The molecule has 0 aromatic carbocycles. The molecule has 0 amide bonds. The first-order valence-corrected chi connectivity index (χ1v) is 2.91. The molecule has 3 nitrogen and oxygen atoms in total. The smallest absolute Gasteiger partial charge is 0.235 e. The maximum Gasteiger partial charge on any atom is 0.235 e. The second-order valence-electron chi connectivity index (χ2n) is 1.93. The standard InChI is InChI=1S/C7H7NO2/c1-6-2-3-10-7(6)4-8-5-9/h2-3H,4H2,1H3. The van der Waals surface area contributed by atoms with Gasteiger partial charge >= 0.3 is 0 Å². The number of isocyanates is 1. The maximum absolute atomic E-state index is 9.68. The molecular formula is C7H7NO2. The number of furan rings is 1. The number of aryl methyl sites for hydroxylation is 1. The summed E-state index contributed by atoms with van der Waals surface area (Å²) < 4.78 is 4.99. The Kier molecular flexibility index (Phi) is 2.03. The summed E-state index contributed by atoms with van der Waals surface area (Å²) >= 11 is 0. The molecule has 0 spiro atoms. The molecule has 10 heavy (non-hydrogen) atoms. The van der Waals surface area contributed by atoms with E-state index in [-0.39, 0.29) is 0 Å². The lowest BCUT2D eigenvalue weighted by Gasteiger charge is -1.87. The van der Waals surface area contributed by atoms with Gasteiger partial charge in [-0.2, -0.15) is 4.99 Å². The molecule has 1 aromatic rings. The molecule has 0 saturated carbocycles. The minimum Gasteiger partial charge on any atom is -0.467 e. The molecule has 1 rings (SSSR count). The number of rotatable bonds is 2. The highest BCUT2D eigenvalue weighted by Gasteiger charge is 1.97. The van der Waals surface area contributed by atoms with Crippen molar-refractivity contribution in [1.82, 2.24) is 0 Å². The minimum atomic E-state index is 0.294. The number of carbonyl (C=O) groups excluding carboxylic acids is 1. The van der Waals surface area contributed by atoms with Gasteiger partial charge in [0.2, 0.25) is 6.08 Å². The zero-order valence-electron chi connectivity index (χ0n) is 5.63. The van der Waals surface area contributed by atoms with E-state index in [1.54, 1.807) is 6.26 Å². The van der Waals surface area contributed by atoms with Gasteiger partial charge in [0.25, 0.3) is 0 Å². The fourth-order valence-electron chi connectivity index (χ4n) is 0.670. The molecule has 3 heteroatoms. The van der Waals surface area contributed by atoms with E-state index in [0.29, 0.717) is 6.54 Å². The Labute approximate surface area is 58.4 Å². The molecule has 0 N–H and O–H groups in total. The van der Waals surface area contributed by atoms with E-state index in [0.717, 1.165) is 11.3 Å². The summed E-state index contributed by atoms with van der Waals surface area (Å²) in [5.74, 6) is 0.725.